The highest BCUT2D eigenvalue weighted by Gasteiger charge is 2.25. The number of halogens is 1. The number of aromatic carboxylic acids is 1. The molecule has 0 unspecified atom stereocenters. The van der Waals surface area contributed by atoms with Gasteiger partial charge in [0.15, 0.2) is 0 Å². The number of carboxylic acid groups (broad SMARTS) is 1. The number of carbonyl (C=O) groups is 1. The third-order valence-electron chi connectivity index (χ3n) is 2.53. The molecule has 1 heterocycles. The summed E-state index contributed by atoms with van der Waals surface area (Å²) in [7, 11) is 0. The minimum atomic E-state index is -1.12. The Kier molecular flexibility index (Phi) is 2.67. The number of rotatable bonds is 2. The highest BCUT2D eigenvalue weighted by Crippen LogP contribution is 2.35. The van der Waals surface area contributed by atoms with Crippen molar-refractivity contribution >= 4 is 21.9 Å². The molecule has 1 aliphatic heterocycles. The van der Waals surface area contributed by atoms with Crippen molar-refractivity contribution in [2.45, 2.75) is 12.5 Å². The highest BCUT2D eigenvalue weighted by molar-refractivity contribution is 9.10. The van der Waals surface area contributed by atoms with Crippen LogP contribution in [0.3, 0.4) is 0 Å². The molecule has 0 aromatic heterocycles. The highest BCUT2D eigenvalue weighted by atomic mass is 79.9. The summed E-state index contributed by atoms with van der Waals surface area (Å²) < 4.78 is 0.668. The van der Waals surface area contributed by atoms with Gasteiger partial charge in [-0.1, -0.05) is 15.9 Å². The summed E-state index contributed by atoms with van der Waals surface area (Å²) in [5, 5.41) is 21.8. The van der Waals surface area contributed by atoms with Gasteiger partial charge in [-0.25, -0.2) is 4.79 Å². The molecule has 3 N–H and O–H groups in total. The van der Waals surface area contributed by atoms with Crippen LogP contribution in [0.25, 0.3) is 0 Å². The zero-order valence-electron chi connectivity index (χ0n) is 7.83. The van der Waals surface area contributed by atoms with Gasteiger partial charge in [0.25, 0.3) is 0 Å². The first-order valence-electron chi connectivity index (χ1n) is 4.58. The number of nitrogens with one attached hydrogen (secondary N) is 1. The molecule has 1 aliphatic rings. The maximum Gasteiger partial charge on any atom is 0.339 e. The van der Waals surface area contributed by atoms with Crippen molar-refractivity contribution in [2.24, 2.45) is 0 Å². The number of carboxylic acids is 1. The Labute approximate surface area is 95.1 Å². The van der Waals surface area contributed by atoms with E-state index in [1.165, 1.54) is 6.07 Å². The standard InChI is InChI=1S/C10H10BrNO3/c11-5-3-6(8-1-2-12-8)9(13)7(4-5)10(14)15/h3-4,8,12-13H,1-2H2,(H,14,15)/t8-/m1/s1. The van der Waals surface area contributed by atoms with Gasteiger partial charge >= 0.3 is 5.97 Å². The molecule has 1 atom stereocenters. The van der Waals surface area contributed by atoms with E-state index in [9.17, 15) is 9.90 Å². The summed E-state index contributed by atoms with van der Waals surface area (Å²) >= 11 is 3.23. The number of phenols is 1. The molecule has 80 valence electrons. The number of hydrogen-bond acceptors (Lipinski definition) is 3. The quantitative estimate of drug-likeness (QED) is 0.769. The lowest BCUT2D eigenvalue weighted by Gasteiger charge is -2.29. The molecule has 1 fully saturated rings. The van der Waals surface area contributed by atoms with Crippen LogP contribution in [0.5, 0.6) is 5.75 Å². The summed E-state index contributed by atoms with van der Waals surface area (Å²) in [4.78, 5) is 10.9. The molecule has 0 aliphatic carbocycles. The lowest BCUT2D eigenvalue weighted by molar-refractivity contribution is 0.0693. The summed E-state index contributed by atoms with van der Waals surface area (Å²) in [6.07, 6.45) is 0.920. The fourth-order valence-corrected chi connectivity index (χ4v) is 2.08. The van der Waals surface area contributed by atoms with Gasteiger partial charge in [0.1, 0.15) is 11.3 Å². The van der Waals surface area contributed by atoms with Gasteiger partial charge in [-0.05, 0) is 25.1 Å². The van der Waals surface area contributed by atoms with Gasteiger partial charge in [-0.3, -0.25) is 0 Å². The predicted molar refractivity (Wildman–Crippen MR) is 58.1 cm³/mol. The van der Waals surface area contributed by atoms with Crippen LogP contribution >= 0.6 is 15.9 Å². The average molecular weight is 272 g/mol. The van der Waals surface area contributed by atoms with E-state index >= 15 is 0 Å². The van der Waals surface area contributed by atoms with Crippen molar-refractivity contribution in [1.29, 1.82) is 0 Å². The van der Waals surface area contributed by atoms with Crippen LogP contribution in [0.4, 0.5) is 0 Å². The molecule has 1 saturated heterocycles. The summed E-state index contributed by atoms with van der Waals surface area (Å²) in [6, 6.07) is 3.22. The molecule has 0 amide bonds. The lowest BCUT2D eigenvalue weighted by Crippen LogP contribution is -2.35. The van der Waals surface area contributed by atoms with E-state index in [1.807, 2.05) is 0 Å². The maximum absolute atomic E-state index is 10.9. The molecule has 5 heteroatoms. The minimum absolute atomic E-state index is 0.0620. The van der Waals surface area contributed by atoms with Crippen LogP contribution in [0, 0.1) is 0 Å². The molecule has 15 heavy (non-hydrogen) atoms. The zero-order chi connectivity index (χ0) is 11.0. The van der Waals surface area contributed by atoms with Crippen LogP contribution in [0.15, 0.2) is 16.6 Å². The van der Waals surface area contributed by atoms with Crippen molar-refractivity contribution < 1.29 is 15.0 Å². The second-order valence-electron chi connectivity index (χ2n) is 3.49. The predicted octanol–water partition coefficient (Wildman–Crippen LogP) is 1.89. The van der Waals surface area contributed by atoms with Gasteiger partial charge in [-0.15, -0.1) is 0 Å². The van der Waals surface area contributed by atoms with E-state index in [-0.39, 0.29) is 17.4 Å². The van der Waals surface area contributed by atoms with Crippen molar-refractivity contribution in [2.75, 3.05) is 6.54 Å². The van der Waals surface area contributed by atoms with Gasteiger partial charge in [0, 0.05) is 16.1 Å². The second-order valence-corrected chi connectivity index (χ2v) is 4.41. The third kappa shape index (κ3) is 1.85. The molecule has 4 nitrogen and oxygen atoms in total. The summed E-state index contributed by atoms with van der Waals surface area (Å²) in [5.74, 6) is -1.25. The fraction of sp³-hybridized carbons (Fsp3) is 0.300. The van der Waals surface area contributed by atoms with E-state index in [1.54, 1.807) is 6.07 Å². The second kappa shape index (κ2) is 3.83. The van der Waals surface area contributed by atoms with E-state index < -0.39 is 5.97 Å². The molecule has 1 aromatic rings. The van der Waals surface area contributed by atoms with E-state index in [0.29, 0.717) is 10.0 Å². The van der Waals surface area contributed by atoms with Crippen molar-refractivity contribution in [1.82, 2.24) is 5.32 Å². The van der Waals surface area contributed by atoms with Crippen molar-refractivity contribution in [3.8, 4) is 5.75 Å². The largest absolute Gasteiger partial charge is 0.507 e. The molecule has 0 saturated carbocycles. The Morgan fingerprint density at radius 1 is 1.53 bits per heavy atom. The minimum Gasteiger partial charge on any atom is -0.507 e. The third-order valence-corrected chi connectivity index (χ3v) is 2.99. The smallest absolute Gasteiger partial charge is 0.339 e. The van der Waals surface area contributed by atoms with Crippen molar-refractivity contribution in [3.63, 3.8) is 0 Å². The molecule has 0 bridgehead atoms. The van der Waals surface area contributed by atoms with Gasteiger partial charge in [0.2, 0.25) is 0 Å². The molecule has 0 spiro atoms. The van der Waals surface area contributed by atoms with E-state index in [2.05, 4.69) is 21.2 Å². The van der Waals surface area contributed by atoms with Gasteiger partial charge in [-0.2, -0.15) is 0 Å². The maximum atomic E-state index is 10.9. The normalized spacial score (nSPS) is 19.7. The van der Waals surface area contributed by atoms with E-state index in [4.69, 9.17) is 5.11 Å². The van der Waals surface area contributed by atoms with Crippen molar-refractivity contribution in [3.05, 3.63) is 27.7 Å². The Balaban J connectivity index is 2.49. The fourth-order valence-electron chi connectivity index (χ4n) is 1.60. The average Bonchev–Trinajstić information content (AvgIpc) is 2.07. The monoisotopic (exact) mass is 271 g/mol. The Bertz CT molecular complexity index is 415. The SMILES string of the molecule is O=C(O)c1cc(Br)cc([C@H]2CCN2)c1O. The Morgan fingerprint density at radius 3 is 2.67 bits per heavy atom. The van der Waals surface area contributed by atoms with Crippen LogP contribution < -0.4 is 5.32 Å². The summed E-state index contributed by atoms with van der Waals surface area (Å²) in [6.45, 7) is 0.902. The molecule has 0 radical (unpaired) electrons. The van der Waals surface area contributed by atoms with E-state index in [0.717, 1.165) is 13.0 Å². The van der Waals surface area contributed by atoms with Crippen LogP contribution in [-0.2, 0) is 0 Å². The Hall–Kier alpha value is -1.07. The van der Waals surface area contributed by atoms with Crippen LogP contribution in [-0.4, -0.2) is 22.7 Å². The number of hydrogen-bond donors (Lipinski definition) is 3. The first-order valence-corrected chi connectivity index (χ1v) is 5.38. The first-order chi connectivity index (χ1) is 7.09. The topological polar surface area (TPSA) is 69.6 Å². The number of aromatic hydroxyl groups is 1. The number of benzene rings is 1. The summed E-state index contributed by atoms with van der Waals surface area (Å²) in [5.41, 5.74) is 0.584. The van der Waals surface area contributed by atoms with Gasteiger partial charge < -0.3 is 15.5 Å². The molecular formula is C10H10BrNO3. The lowest BCUT2D eigenvalue weighted by atomic mass is 9.95. The molecule has 1 aromatic carbocycles. The molecule has 2 rings (SSSR count). The zero-order valence-corrected chi connectivity index (χ0v) is 9.41. The Morgan fingerprint density at radius 2 is 2.20 bits per heavy atom. The van der Waals surface area contributed by atoms with Crippen LogP contribution in [0.1, 0.15) is 28.4 Å². The molecular weight excluding hydrogens is 262 g/mol. The van der Waals surface area contributed by atoms with Crippen LogP contribution in [0.2, 0.25) is 0 Å². The van der Waals surface area contributed by atoms with Gasteiger partial charge in [0.05, 0.1) is 0 Å². The first kappa shape index (κ1) is 10.4.